The van der Waals surface area contributed by atoms with Crippen LogP contribution in [-0.2, 0) is 6.54 Å². The van der Waals surface area contributed by atoms with Crippen molar-refractivity contribution >= 4 is 6.09 Å². The Labute approximate surface area is 68.8 Å². The summed E-state index contributed by atoms with van der Waals surface area (Å²) in [4.78, 5) is 10.1. The van der Waals surface area contributed by atoms with Gasteiger partial charge in [0, 0.05) is 23.4 Å². The van der Waals surface area contributed by atoms with Crippen LogP contribution in [0, 0.1) is 0 Å². The normalized spacial score (nSPS) is 9.33. The quantitative estimate of drug-likeness (QED) is 0.430. The molecule has 0 aliphatic heterocycles. The third kappa shape index (κ3) is 2.45. The predicted octanol–water partition coefficient (Wildman–Crippen LogP) is -0.0210. The monoisotopic (exact) mass is 169 g/mol. The van der Waals surface area contributed by atoms with Crippen LogP contribution in [0.5, 0.6) is 0 Å². The fourth-order valence-electron chi connectivity index (χ4n) is 0.745. The van der Waals surface area contributed by atoms with Crippen LogP contribution in [0.2, 0.25) is 0 Å². The first kappa shape index (κ1) is 8.32. The van der Waals surface area contributed by atoms with E-state index in [-0.39, 0.29) is 6.54 Å². The lowest BCUT2D eigenvalue weighted by Gasteiger charge is -1.97. The van der Waals surface area contributed by atoms with Gasteiger partial charge in [-0.05, 0) is 5.56 Å². The van der Waals surface area contributed by atoms with Crippen molar-refractivity contribution in [2.24, 2.45) is 0 Å². The van der Waals surface area contributed by atoms with E-state index in [9.17, 15) is 4.79 Å². The number of aromatic nitrogens is 1. The van der Waals surface area contributed by atoms with Crippen LogP contribution in [-0.4, -0.2) is 16.4 Å². The molecule has 0 aliphatic rings. The van der Waals surface area contributed by atoms with Crippen LogP contribution in [0.3, 0.4) is 0 Å². The number of amides is 1. The van der Waals surface area contributed by atoms with Gasteiger partial charge in [0.25, 0.3) is 0 Å². The average molecular weight is 169 g/mol. The van der Waals surface area contributed by atoms with Crippen molar-refractivity contribution in [3.05, 3.63) is 30.1 Å². The summed E-state index contributed by atoms with van der Waals surface area (Å²) in [6.07, 6.45) is 1.80. The van der Waals surface area contributed by atoms with Crippen molar-refractivity contribution in [3.63, 3.8) is 0 Å². The third-order valence-corrected chi connectivity index (χ3v) is 1.33. The van der Waals surface area contributed by atoms with Gasteiger partial charge in [0.15, 0.2) is 0 Å². The minimum atomic E-state index is -1.06. The van der Waals surface area contributed by atoms with Gasteiger partial charge in [-0.15, -0.1) is 0 Å². The molecule has 5 heteroatoms. The molecule has 0 bridgehead atoms. The Morgan fingerprint density at radius 1 is 1.50 bits per heavy atom. The number of hydrogen-bond acceptors (Lipinski definition) is 2. The fraction of sp³-hybridized carbons (Fsp3) is 0.143. The van der Waals surface area contributed by atoms with Crippen molar-refractivity contribution in [1.29, 1.82) is 0 Å². The summed E-state index contributed by atoms with van der Waals surface area (Å²) in [6, 6.07) is 3.24. The van der Waals surface area contributed by atoms with Crippen LogP contribution in [0.25, 0.3) is 0 Å². The predicted molar refractivity (Wildman–Crippen MR) is 38.7 cm³/mol. The average Bonchev–Trinajstić information content (AvgIpc) is 2.03. The minimum absolute atomic E-state index is 0.246. The Bertz CT molecular complexity index is 270. The molecule has 3 N–H and O–H groups in total. The fourth-order valence-corrected chi connectivity index (χ4v) is 0.745. The molecule has 0 radical (unpaired) electrons. The summed E-state index contributed by atoms with van der Waals surface area (Å²) in [6.45, 7) is 0.246. The number of pyridine rings is 1. The molecule has 0 spiro atoms. The van der Waals surface area contributed by atoms with Gasteiger partial charge in [0.2, 0.25) is 12.4 Å². The maximum atomic E-state index is 10.1. The van der Waals surface area contributed by atoms with Crippen molar-refractivity contribution in [2.45, 2.75) is 6.54 Å². The first-order valence-electron chi connectivity index (χ1n) is 3.35. The molecule has 0 aliphatic carbocycles. The van der Waals surface area contributed by atoms with Gasteiger partial charge in [0.1, 0.15) is 0 Å². The van der Waals surface area contributed by atoms with Gasteiger partial charge >= 0.3 is 6.09 Å². The second kappa shape index (κ2) is 3.56. The molecular formula is C7H9N2O3+. The van der Waals surface area contributed by atoms with Gasteiger partial charge in [-0.1, -0.05) is 0 Å². The first-order valence-corrected chi connectivity index (χ1v) is 3.35. The van der Waals surface area contributed by atoms with Crippen molar-refractivity contribution in [1.82, 2.24) is 5.32 Å². The van der Waals surface area contributed by atoms with Crippen molar-refractivity contribution in [2.75, 3.05) is 0 Å². The lowest BCUT2D eigenvalue weighted by molar-refractivity contribution is -0.904. The third-order valence-electron chi connectivity index (χ3n) is 1.33. The molecular weight excluding hydrogens is 160 g/mol. The van der Waals surface area contributed by atoms with Crippen LogP contribution < -0.4 is 10.0 Å². The molecule has 1 heterocycles. The SMILES string of the molecule is O=C(O)NCc1cc[n+](O)cc1. The highest BCUT2D eigenvalue weighted by Gasteiger charge is 1.99. The van der Waals surface area contributed by atoms with E-state index in [0.29, 0.717) is 0 Å². The zero-order valence-electron chi connectivity index (χ0n) is 6.27. The maximum absolute atomic E-state index is 10.1. The highest BCUT2D eigenvalue weighted by molar-refractivity contribution is 5.64. The van der Waals surface area contributed by atoms with Crippen molar-refractivity contribution in [3.8, 4) is 0 Å². The largest absolute Gasteiger partial charge is 0.465 e. The molecule has 0 saturated heterocycles. The second-order valence-electron chi connectivity index (χ2n) is 2.25. The summed E-state index contributed by atoms with van der Waals surface area (Å²) in [5, 5.41) is 19.3. The van der Waals surface area contributed by atoms with Crippen molar-refractivity contribution < 1.29 is 19.8 Å². The molecule has 0 saturated carbocycles. The molecule has 1 aromatic heterocycles. The first-order chi connectivity index (χ1) is 5.68. The molecule has 1 amide bonds. The maximum Gasteiger partial charge on any atom is 0.404 e. The summed E-state index contributed by atoms with van der Waals surface area (Å²) < 4.78 is 0.893. The van der Waals surface area contributed by atoms with Gasteiger partial charge in [-0.2, -0.15) is 0 Å². The van der Waals surface area contributed by atoms with E-state index in [1.54, 1.807) is 12.1 Å². The van der Waals surface area contributed by atoms with E-state index in [1.807, 2.05) is 0 Å². The zero-order chi connectivity index (χ0) is 8.97. The van der Waals surface area contributed by atoms with E-state index in [0.717, 1.165) is 10.3 Å². The van der Waals surface area contributed by atoms with Gasteiger partial charge < -0.3 is 10.4 Å². The minimum Gasteiger partial charge on any atom is -0.465 e. The number of rotatable bonds is 2. The molecule has 0 aromatic carbocycles. The van der Waals surface area contributed by atoms with E-state index in [4.69, 9.17) is 10.3 Å². The molecule has 5 nitrogen and oxygen atoms in total. The number of hydrogen-bond donors (Lipinski definition) is 3. The Kier molecular flexibility index (Phi) is 2.47. The molecule has 64 valence electrons. The van der Waals surface area contributed by atoms with Gasteiger partial charge in [-0.3, -0.25) is 5.21 Å². The number of nitrogens with one attached hydrogen (secondary N) is 1. The number of carboxylic acid groups (broad SMARTS) is 1. The molecule has 0 unspecified atom stereocenters. The van der Waals surface area contributed by atoms with Gasteiger partial charge in [-0.25, -0.2) is 4.79 Å². The number of nitrogens with zero attached hydrogens (tertiary/aromatic N) is 1. The lowest BCUT2D eigenvalue weighted by atomic mass is 10.3. The Balaban J connectivity index is 2.53. The summed E-state index contributed by atoms with van der Waals surface area (Å²) in [5.41, 5.74) is 0.794. The van der Waals surface area contributed by atoms with E-state index < -0.39 is 6.09 Å². The topological polar surface area (TPSA) is 73.4 Å². The number of carbonyl (C=O) groups is 1. The standard InChI is InChI=1S/C7H8N2O3/c10-7(11)8-5-6-1-3-9(12)4-2-6/h1-4,8H,5H2,(H-,10,11,12)/p+1. The molecule has 0 atom stereocenters. The molecule has 1 rings (SSSR count). The summed E-state index contributed by atoms with van der Waals surface area (Å²) >= 11 is 0. The summed E-state index contributed by atoms with van der Waals surface area (Å²) in [7, 11) is 0. The van der Waals surface area contributed by atoms with Crippen LogP contribution in [0.1, 0.15) is 5.56 Å². The molecule has 0 fully saturated rings. The smallest absolute Gasteiger partial charge is 0.404 e. The molecule has 1 aromatic rings. The Morgan fingerprint density at radius 3 is 2.58 bits per heavy atom. The van der Waals surface area contributed by atoms with E-state index in [2.05, 4.69) is 5.32 Å². The van der Waals surface area contributed by atoms with Crippen LogP contribution in [0.15, 0.2) is 24.5 Å². The molecule has 12 heavy (non-hydrogen) atoms. The highest BCUT2D eigenvalue weighted by atomic mass is 16.5. The second-order valence-corrected chi connectivity index (χ2v) is 2.25. The summed E-state index contributed by atoms with van der Waals surface area (Å²) in [5.74, 6) is 0. The highest BCUT2D eigenvalue weighted by Crippen LogP contribution is 1.92. The van der Waals surface area contributed by atoms with Crippen LogP contribution in [0.4, 0.5) is 4.79 Å². The lowest BCUT2D eigenvalue weighted by Crippen LogP contribution is -2.28. The van der Waals surface area contributed by atoms with E-state index in [1.165, 1.54) is 12.4 Å². The van der Waals surface area contributed by atoms with Crippen LogP contribution >= 0.6 is 0 Å². The zero-order valence-corrected chi connectivity index (χ0v) is 6.27. The van der Waals surface area contributed by atoms with E-state index >= 15 is 0 Å². The Hall–Kier alpha value is -1.78. The Morgan fingerprint density at radius 2 is 2.08 bits per heavy atom. The van der Waals surface area contributed by atoms with Gasteiger partial charge in [0.05, 0.1) is 0 Å².